The van der Waals surface area contributed by atoms with Crippen molar-refractivity contribution in [3.63, 3.8) is 0 Å². The molecule has 1 aliphatic carbocycles. The van der Waals surface area contributed by atoms with Crippen molar-refractivity contribution in [1.82, 2.24) is 15.1 Å². The highest BCUT2D eigenvalue weighted by atomic mass is 16.2. The molecule has 1 amide bonds. The SMILES string of the molecule is CCCN1CCC(N2CCCC(NC3CC3)C2=O)CC1. The molecule has 3 fully saturated rings. The van der Waals surface area contributed by atoms with Crippen LogP contribution >= 0.6 is 0 Å². The van der Waals surface area contributed by atoms with Gasteiger partial charge >= 0.3 is 0 Å². The zero-order valence-electron chi connectivity index (χ0n) is 12.8. The van der Waals surface area contributed by atoms with E-state index in [-0.39, 0.29) is 6.04 Å². The van der Waals surface area contributed by atoms with Crippen LogP contribution in [0.25, 0.3) is 0 Å². The van der Waals surface area contributed by atoms with Crippen LogP contribution in [0.3, 0.4) is 0 Å². The van der Waals surface area contributed by atoms with Crippen LogP contribution in [0.1, 0.15) is 51.9 Å². The fourth-order valence-corrected chi connectivity index (χ4v) is 3.72. The first-order valence-corrected chi connectivity index (χ1v) is 8.57. The molecule has 0 aromatic carbocycles. The lowest BCUT2D eigenvalue weighted by atomic mass is 9.97. The van der Waals surface area contributed by atoms with Crippen LogP contribution in [-0.4, -0.2) is 60.0 Å². The molecule has 2 saturated heterocycles. The Morgan fingerprint density at radius 2 is 1.85 bits per heavy atom. The molecule has 0 spiro atoms. The van der Waals surface area contributed by atoms with Gasteiger partial charge in [0.15, 0.2) is 0 Å². The normalized spacial score (nSPS) is 29.9. The molecule has 4 heteroatoms. The van der Waals surface area contributed by atoms with Crippen molar-refractivity contribution in [1.29, 1.82) is 0 Å². The van der Waals surface area contributed by atoms with E-state index in [0.29, 0.717) is 18.0 Å². The standard InChI is InChI=1S/C16H29N3O/c1-2-9-18-11-7-14(8-12-18)19-10-3-4-15(16(19)20)17-13-5-6-13/h13-15,17H,2-12H2,1H3. The molecule has 0 aromatic heterocycles. The van der Waals surface area contributed by atoms with Gasteiger partial charge in [0.2, 0.25) is 5.91 Å². The average molecular weight is 279 g/mol. The number of carbonyl (C=O) groups excluding carboxylic acids is 1. The first-order chi connectivity index (χ1) is 9.78. The highest BCUT2D eigenvalue weighted by Gasteiger charge is 2.36. The molecule has 114 valence electrons. The summed E-state index contributed by atoms with van der Waals surface area (Å²) in [6, 6.07) is 1.25. The molecule has 2 aliphatic heterocycles. The van der Waals surface area contributed by atoms with E-state index in [1.807, 2.05) is 0 Å². The molecule has 1 atom stereocenters. The molecule has 1 unspecified atom stereocenters. The predicted molar refractivity (Wildman–Crippen MR) is 80.6 cm³/mol. The first kappa shape index (κ1) is 14.3. The summed E-state index contributed by atoms with van der Waals surface area (Å²) in [4.78, 5) is 17.4. The first-order valence-electron chi connectivity index (χ1n) is 8.57. The second-order valence-corrected chi connectivity index (χ2v) is 6.74. The molecular weight excluding hydrogens is 250 g/mol. The number of hydrogen-bond donors (Lipinski definition) is 1. The highest BCUT2D eigenvalue weighted by molar-refractivity contribution is 5.83. The molecule has 0 aromatic rings. The van der Waals surface area contributed by atoms with Crippen LogP contribution in [0.15, 0.2) is 0 Å². The number of piperidine rings is 2. The van der Waals surface area contributed by atoms with E-state index in [2.05, 4.69) is 22.0 Å². The Morgan fingerprint density at radius 1 is 1.10 bits per heavy atom. The molecule has 3 aliphatic rings. The van der Waals surface area contributed by atoms with Crippen molar-refractivity contribution in [3.8, 4) is 0 Å². The van der Waals surface area contributed by atoms with Gasteiger partial charge in [-0.15, -0.1) is 0 Å². The average Bonchev–Trinajstić information content (AvgIpc) is 3.27. The molecule has 0 bridgehead atoms. The third-order valence-electron chi connectivity index (χ3n) is 5.02. The van der Waals surface area contributed by atoms with E-state index in [1.165, 1.54) is 58.2 Å². The van der Waals surface area contributed by atoms with E-state index in [4.69, 9.17) is 0 Å². The fourth-order valence-electron chi connectivity index (χ4n) is 3.72. The number of likely N-dealkylation sites (tertiary alicyclic amines) is 2. The molecule has 1 N–H and O–H groups in total. The predicted octanol–water partition coefficient (Wildman–Crippen LogP) is 1.60. The van der Waals surface area contributed by atoms with Crippen molar-refractivity contribution in [3.05, 3.63) is 0 Å². The van der Waals surface area contributed by atoms with Gasteiger partial charge in [0, 0.05) is 31.7 Å². The number of nitrogens with one attached hydrogen (secondary N) is 1. The Morgan fingerprint density at radius 3 is 2.50 bits per heavy atom. The number of hydrogen-bond acceptors (Lipinski definition) is 3. The van der Waals surface area contributed by atoms with Crippen molar-refractivity contribution in [2.24, 2.45) is 0 Å². The van der Waals surface area contributed by atoms with Crippen molar-refractivity contribution >= 4 is 5.91 Å². The zero-order valence-corrected chi connectivity index (χ0v) is 12.8. The van der Waals surface area contributed by atoms with Gasteiger partial charge in [-0.25, -0.2) is 0 Å². The monoisotopic (exact) mass is 279 g/mol. The zero-order chi connectivity index (χ0) is 13.9. The Labute approximate surface area is 122 Å². The van der Waals surface area contributed by atoms with Gasteiger partial charge in [-0.2, -0.15) is 0 Å². The molecule has 20 heavy (non-hydrogen) atoms. The van der Waals surface area contributed by atoms with Gasteiger partial charge < -0.3 is 15.1 Å². The number of amides is 1. The minimum Gasteiger partial charge on any atom is -0.338 e. The fraction of sp³-hybridized carbons (Fsp3) is 0.938. The summed E-state index contributed by atoms with van der Waals surface area (Å²) in [5.41, 5.74) is 0. The lowest BCUT2D eigenvalue weighted by Gasteiger charge is -2.42. The third-order valence-corrected chi connectivity index (χ3v) is 5.02. The van der Waals surface area contributed by atoms with Crippen LogP contribution in [-0.2, 0) is 4.79 Å². The van der Waals surface area contributed by atoms with Crippen LogP contribution in [0, 0.1) is 0 Å². The molecule has 2 heterocycles. The minimum atomic E-state index is 0.116. The van der Waals surface area contributed by atoms with Crippen LogP contribution in [0.2, 0.25) is 0 Å². The van der Waals surface area contributed by atoms with Gasteiger partial charge in [-0.3, -0.25) is 4.79 Å². The van der Waals surface area contributed by atoms with Crippen molar-refractivity contribution < 1.29 is 4.79 Å². The van der Waals surface area contributed by atoms with Crippen molar-refractivity contribution in [2.75, 3.05) is 26.2 Å². The van der Waals surface area contributed by atoms with E-state index >= 15 is 0 Å². The lowest BCUT2D eigenvalue weighted by Crippen LogP contribution is -2.56. The Kier molecular flexibility index (Phi) is 4.61. The minimum absolute atomic E-state index is 0.116. The van der Waals surface area contributed by atoms with Gasteiger partial charge in [-0.05, 0) is 51.5 Å². The molecule has 1 saturated carbocycles. The third kappa shape index (κ3) is 3.34. The maximum Gasteiger partial charge on any atom is 0.239 e. The van der Waals surface area contributed by atoms with Crippen LogP contribution < -0.4 is 5.32 Å². The Hall–Kier alpha value is -0.610. The van der Waals surface area contributed by atoms with E-state index in [0.717, 1.165) is 13.0 Å². The number of carbonyl (C=O) groups is 1. The van der Waals surface area contributed by atoms with E-state index in [1.54, 1.807) is 0 Å². The summed E-state index contributed by atoms with van der Waals surface area (Å²) in [7, 11) is 0. The highest BCUT2D eigenvalue weighted by Crippen LogP contribution is 2.25. The van der Waals surface area contributed by atoms with Gasteiger partial charge in [0.25, 0.3) is 0 Å². The van der Waals surface area contributed by atoms with Gasteiger partial charge in [0.05, 0.1) is 6.04 Å². The van der Waals surface area contributed by atoms with Crippen molar-refractivity contribution in [2.45, 2.75) is 70.0 Å². The summed E-state index contributed by atoms with van der Waals surface area (Å²) in [5, 5.41) is 3.54. The van der Waals surface area contributed by atoms with Crippen LogP contribution in [0.4, 0.5) is 0 Å². The molecular formula is C16H29N3O. The second-order valence-electron chi connectivity index (χ2n) is 6.74. The quantitative estimate of drug-likeness (QED) is 0.830. The number of rotatable bonds is 5. The second kappa shape index (κ2) is 6.44. The largest absolute Gasteiger partial charge is 0.338 e. The smallest absolute Gasteiger partial charge is 0.239 e. The number of nitrogens with zero attached hydrogens (tertiary/aromatic N) is 2. The summed E-state index contributed by atoms with van der Waals surface area (Å²) in [5.74, 6) is 0.386. The van der Waals surface area contributed by atoms with Gasteiger partial charge in [0.1, 0.15) is 0 Å². The van der Waals surface area contributed by atoms with Crippen LogP contribution in [0.5, 0.6) is 0 Å². The molecule has 0 radical (unpaired) electrons. The maximum atomic E-state index is 12.6. The van der Waals surface area contributed by atoms with E-state index < -0.39 is 0 Å². The Balaban J connectivity index is 1.52. The molecule has 3 rings (SSSR count). The lowest BCUT2D eigenvalue weighted by molar-refractivity contribution is -0.139. The molecule has 4 nitrogen and oxygen atoms in total. The maximum absolute atomic E-state index is 12.6. The van der Waals surface area contributed by atoms with E-state index in [9.17, 15) is 4.79 Å². The summed E-state index contributed by atoms with van der Waals surface area (Å²) < 4.78 is 0. The summed E-state index contributed by atoms with van der Waals surface area (Å²) in [6.07, 6.45) is 8.31. The Bertz CT molecular complexity index is 335. The van der Waals surface area contributed by atoms with Gasteiger partial charge in [-0.1, -0.05) is 6.92 Å². The topological polar surface area (TPSA) is 35.6 Å². The summed E-state index contributed by atoms with van der Waals surface area (Å²) in [6.45, 7) is 6.78. The summed E-state index contributed by atoms with van der Waals surface area (Å²) >= 11 is 0.